The molecule has 0 spiro atoms. The molecule has 0 aromatic carbocycles. The number of rotatable bonds is 2. The third kappa shape index (κ3) is 5.02. The van der Waals surface area contributed by atoms with Crippen molar-refractivity contribution in [3.8, 4) is 0 Å². The van der Waals surface area contributed by atoms with Gasteiger partial charge in [-0.05, 0) is 0 Å². The first-order valence-corrected chi connectivity index (χ1v) is 8.40. The standard InChI is InChI=1S/Cu.2FO.4FH.O.Zr/c;2*1-2;;;;;;/h;;;4*1H;;/q;2*-1;;;;;;+6/p-4. The Morgan fingerprint density at radius 1 is 0.909 bits per heavy atom. The van der Waals surface area contributed by atoms with Crippen LogP contribution in [0.5, 0.6) is 0 Å². The van der Waals surface area contributed by atoms with Crippen LogP contribution < -0.4 is 0 Å². The van der Waals surface area contributed by atoms with Gasteiger partial charge in [-0.2, -0.15) is 0 Å². The Hall–Kier alpha value is 0.703. The molecule has 11 heavy (non-hydrogen) atoms. The molecule has 75 valence electrons. The van der Waals surface area contributed by atoms with Crippen LogP contribution in [-0.4, -0.2) is 0 Å². The molecule has 0 aliphatic carbocycles. The Morgan fingerprint density at radius 3 is 1.09 bits per heavy atom. The van der Waals surface area contributed by atoms with E-state index in [-0.39, 0.29) is 17.1 Å². The van der Waals surface area contributed by atoms with E-state index >= 15 is 0 Å². The van der Waals surface area contributed by atoms with Crippen LogP contribution in [0.3, 0.4) is 0 Å². The van der Waals surface area contributed by atoms with Crippen molar-refractivity contribution < 1.29 is 64.6 Å². The van der Waals surface area contributed by atoms with E-state index in [4.69, 9.17) is 2.81 Å². The first-order valence-electron chi connectivity index (χ1n) is 1.68. The molecule has 0 heterocycles. The molecule has 0 N–H and O–H groups in total. The van der Waals surface area contributed by atoms with Crippen LogP contribution >= 0.6 is 0 Å². The first-order chi connectivity index (χ1) is 3.84. The van der Waals surface area contributed by atoms with Crippen LogP contribution in [0.4, 0.5) is 19.6 Å². The quantitative estimate of drug-likeness (QED) is 0.579. The van der Waals surface area contributed by atoms with Gasteiger partial charge in [-0.3, -0.25) is 0 Å². The Balaban J connectivity index is 0. The molecule has 0 saturated heterocycles. The van der Waals surface area contributed by atoms with Crippen molar-refractivity contribution >= 4 is 0 Å². The summed E-state index contributed by atoms with van der Waals surface area (Å²) in [6.07, 6.45) is 0. The third-order valence-corrected chi connectivity index (χ3v) is 2.13. The summed E-state index contributed by atoms with van der Waals surface area (Å²) in [5.74, 6) is 0. The van der Waals surface area contributed by atoms with Crippen LogP contribution in [0, 0.1) is 0 Å². The number of hydrogen-bond donors (Lipinski definition) is 0. The zero-order valence-corrected chi connectivity index (χ0v) is 7.69. The van der Waals surface area contributed by atoms with Crippen LogP contribution in [0.1, 0.15) is 0 Å². The van der Waals surface area contributed by atoms with Crippen molar-refractivity contribution in [1.82, 2.24) is 0 Å². The summed E-state index contributed by atoms with van der Waals surface area (Å²) < 4.78 is 74.8. The van der Waals surface area contributed by atoms with E-state index < -0.39 is 19.1 Å². The topological polar surface area (TPSA) is 35.5 Å². The number of halogens is 6. The van der Waals surface area contributed by atoms with E-state index in [2.05, 4.69) is 0 Å². The first kappa shape index (κ1) is 14.2. The van der Waals surface area contributed by atoms with Crippen LogP contribution in [0.15, 0.2) is 0 Å². The molecule has 0 amide bonds. The zero-order valence-electron chi connectivity index (χ0n) is 4.29. The van der Waals surface area contributed by atoms with Gasteiger partial charge >= 0.3 is 47.5 Å². The number of hydrogen-bond acceptors (Lipinski definition) is 3. The summed E-state index contributed by atoms with van der Waals surface area (Å²) in [6, 6.07) is 0. The maximum absolute atomic E-state index is 12.6. The van der Waals surface area contributed by atoms with E-state index in [0.717, 1.165) is 0 Å². The fraction of sp³-hybridized carbons (Fsp3) is 0. The van der Waals surface area contributed by atoms with Gasteiger partial charge in [-0.25, -0.2) is 0 Å². The molecule has 0 saturated carbocycles. The van der Waals surface area contributed by atoms with Crippen LogP contribution in [0.25, 0.3) is 0 Å². The summed E-state index contributed by atoms with van der Waals surface area (Å²) in [4.78, 5) is 0. The molecule has 1 radical (unpaired) electrons. The fourth-order valence-electron chi connectivity index (χ4n) is 0.0119. The van der Waals surface area contributed by atoms with E-state index in [0.29, 0.717) is 6.04 Å². The molecule has 0 atom stereocenters. The molecule has 0 aromatic heterocycles. The molecule has 3 nitrogen and oxygen atoms in total. The van der Waals surface area contributed by atoms with Crippen LogP contribution in [0.2, 0.25) is 0 Å². The summed E-state index contributed by atoms with van der Waals surface area (Å²) in [6.45, 7) is 0. The second-order valence-electron chi connectivity index (χ2n) is 1.76. The molecule has 11 heteroatoms. The minimum absolute atomic E-state index is 0. The Morgan fingerprint density at radius 2 is 1.09 bits per heavy atom. The van der Waals surface area contributed by atoms with Gasteiger partial charge in [0.05, 0.1) is 0 Å². The van der Waals surface area contributed by atoms with Crippen molar-refractivity contribution in [2.24, 2.45) is 0 Å². The molecule has 0 bridgehead atoms. The maximum atomic E-state index is 11.1. The second kappa shape index (κ2) is 1.79. The van der Waals surface area contributed by atoms with Gasteiger partial charge in [0, 0.05) is 17.1 Å². The molecule has 0 aliphatic heterocycles. The van der Waals surface area contributed by atoms with Gasteiger partial charge in [0.25, 0.3) is 0 Å². The van der Waals surface area contributed by atoms with Gasteiger partial charge in [-0.1, -0.05) is 0 Å². The summed E-state index contributed by atoms with van der Waals surface area (Å²) in [7, 11) is 0. The molecular weight excluding hydrogens is 317 g/mol. The van der Waals surface area contributed by atoms with Gasteiger partial charge < -0.3 is 0 Å². The predicted octanol–water partition coefficient (Wildman–Crippen LogP) is 2.26. The van der Waals surface area contributed by atoms with Crippen molar-refractivity contribution in [2.75, 3.05) is 0 Å². The second-order valence-corrected chi connectivity index (χ2v) is 10.4. The van der Waals surface area contributed by atoms with Crippen molar-refractivity contribution in [3.05, 3.63) is 0 Å². The van der Waals surface area contributed by atoms with E-state index in [9.17, 15) is 19.6 Å². The molecule has 0 aromatic rings. The van der Waals surface area contributed by atoms with Gasteiger partial charge in [0.15, 0.2) is 0 Å². The van der Waals surface area contributed by atoms with Gasteiger partial charge in [0.2, 0.25) is 0 Å². The Kier molecular flexibility index (Phi) is 2.32. The van der Waals surface area contributed by atoms with Crippen molar-refractivity contribution in [2.45, 2.75) is 0 Å². The Bertz CT molecular complexity index is 239. The molecule has 0 unspecified atom stereocenters. The molecule has 0 aliphatic rings. The van der Waals surface area contributed by atoms with Crippen molar-refractivity contribution in [1.29, 1.82) is 0 Å². The predicted molar refractivity (Wildman–Crippen MR) is 9.50 cm³/mol. The van der Waals surface area contributed by atoms with Crippen molar-refractivity contribution in [3.63, 3.8) is 0 Å². The van der Waals surface area contributed by atoms with Crippen LogP contribution in [-0.2, 0) is 45.1 Å². The molecule has 0 fully saturated rings. The zero-order chi connectivity index (χ0) is 8.79. The summed E-state index contributed by atoms with van der Waals surface area (Å²) in [5, 5.41) is 0. The SMILES string of the molecule is [Cu].[O]=[Zr]([F])([F])([F])([F])([O]F)[O]F. The summed E-state index contributed by atoms with van der Waals surface area (Å²) in [5.41, 5.74) is 0. The van der Waals surface area contributed by atoms with E-state index in [1.807, 2.05) is 0 Å². The van der Waals surface area contributed by atoms with Gasteiger partial charge in [0.1, 0.15) is 0 Å². The average molecular weight is 317 g/mol. The molecular formula is CuF6O3Zr. The third-order valence-electron chi connectivity index (χ3n) is 0.359. The average Bonchev–Trinajstić information content (AvgIpc) is 1.66. The monoisotopic (exact) mass is 315 g/mol. The van der Waals surface area contributed by atoms with Gasteiger partial charge in [-0.15, -0.1) is 0 Å². The van der Waals surface area contributed by atoms with E-state index in [1.54, 1.807) is 0 Å². The summed E-state index contributed by atoms with van der Waals surface area (Å²) >= 11 is -12.6. The molecule has 0 rings (SSSR count). The van der Waals surface area contributed by atoms with E-state index in [1.165, 1.54) is 0 Å². The fourth-order valence-corrected chi connectivity index (χ4v) is 0.0704. The Labute approximate surface area is 64.7 Å². The normalized spacial score (nSPS) is 21.8. The minimum atomic E-state index is -12.6.